The molecule has 3 aromatic rings. The lowest BCUT2D eigenvalue weighted by Crippen LogP contribution is -2.61. The van der Waals surface area contributed by atoms with Crippen molar-refractivity contribution in [2.75, 3.05) is 50.5 Å². The average Bonchev–Trinajstić information content (AvgIpc) is 3.56. The Labute approximate surface area is 254 Å². The van der Waals surface area contributed by atoms with Gasteiger partial charge >= 0.3 is 18.4 Å². The number of rotatable bonds is 4. The molecule has 4 aliphatic rings. The molecule has 4 atom stereocenters. The van der Waals surface area contributed by atoms with Crippen molar-refractivity contribution in [2.45, 2.75) is 49.8 Å². The molecule has 0 unspecified atom stereocenters. The number of nitrogens with one attached hydrogen (secondary N) is 1. The number of pyridine rings is 2. The van der Waals surface area contributed by atoms with Crippen LogP contribution in [-0.4, -0.2) is 95.0 Å². The van der Waals surface area contributed by atoms with Crippen molar-refractivity contribution in [2.24, 2.45) is 5.41 Å². The van der Waals surface area contributed by atoms with Gasteiger partial charge in [0.25, 0.3) is 5.92 Å². The fourth-order valence-corrected chi connectivity index (χ4v) is 6.92. The molecule has 0 bridgehead atoms. The van der Waals surface area contributed by atoms with Gasteiger partial charge in [0.05, 0.1) is 28.8 Å². The van der Waals surface area contributed by atoms with E-state index in [0.29, 0.717) is 6.07 Å². The quantitative estimate of drug-likeness (QED) is 0.398. The predicted octanol–water partition coefficient (Wildman–Crippen LogP) is 3.96. The fourth-order valence-electron chi connectivity index (χ4n) is 6.92. The molecule has 1 aliphatic carbocycles. The summed E-state index contributed by atoms with van der Waals surface area (Å²) in [7, 11) is 1.60. The summed E-state index contributed by atoms with van der Waals surface area (Å²) in [6.07, 6.45) is -13.0. The zero-order valence-corrected chi connectivity index (χ0v) is 24.0. The highest BCUT2D eigenvalue weighted by atomic mass is 19.4. The molecule has 248 valence electrons. The van der Waals surface area contributed by atoms with Crippen molar-refractivity contribution in [3.63, 3.8) is 0 Å². The summed E-state index contributed by atoms with van der Waals surface area (Å²) >= 11 is 0. The number of piperazine rings is 1. The Morgan fingerprint density at radius 2 is 1.85 bits per heavy atom. The molecule has 0 aromatic carbocycles. The second-order valence-electron chi connectivity index (χ2n) is 12.0. The number of likely N-dealkylation sites (tertiary alicyclic amines) is 1. The van der Waals surface area contributed by atoms with Gasteiger partial charge in [-0.1, -0.05) is 0 Å². The van der Waals surface area contributed by atoms with Gasteiger partial charge in [0.1, 0.15) is 34.8 Å². The first-order chi connectivity index (χ1) is 21.4. The van der Waals surface area contributed by atoms with E-state index in [1.54, 1.807) is 11.9 Å². The molecule has 3 fully saturated rings. The van der Waals surface area contributed by atoms with Crippen LogP contribution in [0.3, 0.4) is 0 Å². The van der Waals surface area contributed by atoms with Gasteiger partial charge in [0.15, 0.2) is 5.82 Å². The summed E-state index contributed by atoms with van der Waals surface area (Å²) in [5, 5.41) is 2.42. The summed E-state index contributed by atoms with van der Waals surface area (Å²) in [6.45, 7) is 0.610. The zero-order valence-electron chi connectivity index (χ0n) is 24.0. The minimum Gasteiger partial charge on any atom is -0.462 e. The van der Waals surface area contributed by atoms with Crippen LogP contribution < -0.4 is 25.4 Å². The van der Waals surface area contributed by atoms with E-state index in [0.717, 1.165) is 6.92 Å². The third-order valence-electron chi connectivity index (χ3n) is 9.15. The minimum atomic E-state index is -5.10. The van der Waals surface area contributed by atoms with Gasteiger partial charge in [0, 0.05) is 38.2 Å². The van der Waals surface area contributed by atoms with Crippen molar-refractivity contribution < 1.29 is 49.0 Å². The molecular weight excluding hydrogens is 639 g/mol. The van der Waals surface area contributed by atoms with Crippen molar-refractivity contribution >= 4 is 22.5 Å². The van der Waals surface area contributed by atoms with Crippen LogP contribution in [0.2, 0.25) is 0 Å². The molecule has 3 N–H and O–H groups in total. The van der Waals surface area contributed by atoms with Gasteiger partial charge in [-0.2, -0.15) is 36.3 Å². The molecule has 19 heteroatoms. The van der Waals surface area contributed by atoms with Crippen LogP contribution >= 0.6 is 0 Å². The summed E-state index contributed by atoms with van der Waals surface area (Å²) in [4.78, 5) is 18.7. The molecule has 3 aromatic heterocycles. The Kier molecular flexibility index (Phi) is 6.57. The van der Waals surface area contributed by atoms with Gasteiger partial charge in [-0.3, -0.25) is 4.90 Å². The first-order valence-corrected chi connectivity index (χ1v) is 14.1. The molecule has 7 rings (SSSR count). The first-order valence-electron chi connectivity index (χ1n) is 14.1. The summed E-state index contributed by atoms with van der Waals surface area (Å²) in [5.41, 5.74) is -0.349. The van der Waals surface area contributed by atoms with Crippen LogP contribution in [0.15, 0.2) is 6.07 Å². The second-order valence-corrected chi connectivity index (χ2v) is 12.0. The number of nitrogens with zero attached hydrogens (tertiary/aromatic N) is 6. The SMILES string of the molecule is Cc1nc(N)cc(-c2nc3c4c(nc(OC[C@H]5N(C)C[C@]56CC6(F)F)nc4c2F)N2CCNC[C@H]2[C@H](C(F)(F)F)O3)c1C(F)(F)F. The number of hydrogen-bond donors (Lipinski definition) is 2. The number of hydrogen-bond acceptors (Lipinski definition) is 10. The van der Waals surface area contributed by atoms with Crippen molar-refractivity contribution in [3.05, 3.63) is 23.1 Å². The van der Waals surface area contributed by atoms with E-state index in [-0.39, 0.29) is 45.0 Å². The number of nitrogens with two attached hydrogens (primary N) is 1. The number of halogens is 9. The smallest absolute Gasteiger partial charge is 0.427 e. The number of fused-ring (bicyclic) bond motifs is 2. The molecule has 1 spiro atoms. The van der Waals surface area contributed by atoms with Gasteiger partial charge in [-0.15, -0.1) is 0 Å². The summed E-state index contributed by atoms with van der Waals surface area (Å²) in [5.74, 6) is -5.92. The summed E-state index contributed by atoms with van der Waals surface area (Å²) < 4.78 is 142. The van der Waals surface area contributed by atoms with Crippen molar-refractivity contribution in [1.82, 2.24) is 30.2 Å². The van der Waals surface area contributed by atoms with Crippen LogP contribution in [0.5, 0.6) is 11.9 Å². The predicted molar refractivity (Wildman–Crippen MR) is 143 cm³/mol. The fraction of sp³-hybridized carbons (Fsp3) is 0.556. The van der Waals surface area contributed by atoms with E-state index in [9.17, 15) is 35.1 Å². The highest BCUT2D eigenvalue weighted by molar-refractivity contribution is 5.97. The van der Waals surface area contributed by atoms with E-state index in [4.69, 9.17) is 15.2 Å². The maximum absolute atomic E-state index is 16.5. The van der Waals surface area contributed by atoms with Crippen LogP contribution in [0, 0.1) is 18.2 Å². The molecule has 2 saturated heterocycles. The number of aryl methyl sites for hydroxylation is 1. The van der Waals surface area contributed by atoms with E-state index in [2.05, 4.69) is 25.3 Å². The maximum atomic E-state index is 16.5. The number of aromatic nitrogens is 4. The van der Waals surface area contributed by atoms with Crippen molar-refractivity contribution in [3.8, 4) is 23.1 Å². The lowest BCUT2D eigenvalue weighted by Gasteiger charge is -2.46. The largest absolute Gasteiger partial charge is 0.462 e. The van der Waals surface area contributed by atoms with Crippen molar-refractivity contribution in [1.29, 1.82) is 0 Å². The van der Waals surface area contributed by atoms with Gasteiger partial charge in [-0.05, 0) is 20.0 Å². The standard InChI is InChI=1S/C27H25F9N8O2/c1-10-16(26(31,32)33)11(5-14(37)39-10)18-17(28)19-15-21(42-23(41-19)45-7-13-24(9-43(13)2)8-25(24,29)30)44-4-3-38-6-12(44)20(27(34,35)36)46-22(15)40-18/h5,12-13,20,38H,3-4,6-9H2,1-2H3,(H2,37,39)/t12-,13+,20+,24+/m0/s1. The Morgan fingerprint density at radius 3 is 2.48 bits per heavy atom. The Hall–Kier alpha value is -3.87. The molecule has 3 aliphatic heterocycles. The Balaban J connectivity index is 1.43. The number of ether oxygens (including phenoxy) is 2. The number of likely N-dealkylation sites (N-methyl/N-ethyl adjacent to an activating group) is 1. The van der Waals surface area contributed by atoms with Gasteiger partial charge < -0.3 is 25.4 Å². The number of alkyl halides is 8. The van der Waals surface area contributed by atoms with Crippen LogP contribution in [0.25, 0.3) is 22.2 Å². The second kappa shape index (κ2) is 9.82. The topological polar surface area (TPSA) is 115 Å². The highest BCUT2D eigenvalue weighted by Crippen LogP contribution is 2.68. The summed E-state index contributed by atoms with van der Waals surface area (Å²) in [6, 6.07) is -2.10. The number of nitrogen functional groups attached to an aromatic ring is 1. The van der Waals surface area contributed by atoms with E-state index in [1.807, 2.05) is 0 Å². The lowest BCUT2D eigenvalue weighted by molar-refractivity contribution is -0.201. The molecule has 46 heavy (non-hydrogen) atoms. The van der Waals surface area contributed by atoms with E-state index < -0.39 is 98.8 Å². The average molecular weight is 665 g/mol. The molecule has 0 amide bonds. The third kappa shape index (κ3) is 4.56. The molecule has 10 nitrogen and oxygen atoms in total. The maximum Gasteiger partial charge on any atom is 0.427 e. The van der Waals surface area contributed by atoms with Crippen LogP contribution in [0.4, 0.5) is 51.1 Å². The van der Waals surface area contributed by atoms with E-state index >= 15 is 4.39 Å². The normalized spacial score (nSPS) is 27.2. The van der Waals surface area contributed by atoms with Crippen LogP contribution in [0.1, 0.15) is 17.7 Å². The first kappa shape index (κ1) is 30.8. The molecular formula is C27H25F9N8O2. The van der Waals surface area contributed by atoms with Gasteiger partial charge in [-0.25, -0.2) is 23.1 Å². The van der Waals surface area contributed by atoms with Crippen LogP contribution in [-0.2, 0) is 6.18 Å². The lowest BCUT2D eigenvalue weighted by atomic mass is 9.85. The minimum absolute atomic E-state index is 0.0615. The number of anilines is 2. The molecule has 6 heterocycles. The van der Waals surface area contributed by atoms with E-state index in [1.165, 1.54) is 4.90 Å². The monoisotopic (exact) mass is 664 g/mol. The van der Waals surface area contributed by atoms with Gasteiger partial charge in [0.2, 0.25) is 12.0 Å². The highest BCUT2D eigenvalue weighted by Gasteiger charge is 2.79. The Bertz CT molecular complexity index is 1750. The Morgan fingerprint density at radius 1 is 1.13 bits per heavy atom. The molecule has 1 saturated carbocycles. The molecule has 0 radical (unpaired) electrons. The third-order valence-corrected chi connectivity index (χ3v) is 9.15. The zero-order chi connectivity index (χ0) is 33.1.